The molecule has 0 aromatic carbocycles. The molecule has 0 spiro atoms. The van der Waals surface area contributed by atoms with Crippen molar-refractivity contribution in [3.63, 3.8) is 0 Å². The monoisotopic (exact) mass is 374 g/mol. The van der Waals surface area contributed by atoms with Crippen LogP contribution in [0.25, 0.3) is 0 Å². The van der Waals surface area contributed by atoms with E-state index in [4.69, 9.17) is 24.6 Å². The minimum absolute atomic E-state index is 0.0557. The van der Waals surface area contributed by atoms with E-state index in [2.05, 4.69) is 15.9 Å². The predicted octanol–water partition coefficient (Wildman–Crippen LogP) is 2.55. The lowest BCUT2D eigenvalue weighted by Crippen LogP contribution is -2.10. The summed E-state index contributed by atoms with van der Waals surface area (Å²) in [4.78, 5) is 11.2. The number of hydrogen-bond donors (Lipinski definition) is 0. The Balaban J connectivity index is 2.59. The molecule has 0 radical (unpaired) electrons. The summed E-state index contributed by atoms with van der Waals surface area (Å²) in [7, 11) is 1.17. The Morgan fingerprint density at radius 3 is 2.63 bits per heavy atom. The van der Waals surface area contributed by atoms with E-state index < -0.39 is 15.0 Å². The van der Waals surface area contributed by atoms with Crippen molar-refractivity contribution < 1.29 is 27.1 Å². The molecule has 0 aliphatic rings. The molecule has 9 heteroatoms. The first-order valence-electron chi connectivity index (χ1n) is 5.35. The van der Waals surface area contributed by atoms with Crippen molar-refractivity contribution in [2.24, 2.45) is 0 Å². The summed E-state index contributed by atoms with van der Waals surface area (Å²) >= 11 is 2.86. The van der Waals surface area contributed by atoms with Gasteiger partial charge < -0.3 is 13.9 Å². The predicted molar refractivity (Wildman–Crippen MR) is 70.8 cm³/mol. The minimum atomic E-state index is -3.98. The van der Waals surface area contributed by atoms with Crippen LogP contribution in [0.5, 0.6) is 0 Å². The maximum Gasteiger partial charge on any atom is 0.374 e. The standard InChI is InChI=1S/C10H12BrClO6S/c1-2-3-16-4-5-17-10(13)7-6-8(9(11)18-7)19(12,14)15/h6H,2-5H2,1H3. The molecule has 1 aromatic heterocycles. The van der Waals surface area contributed by atoms with E-state index >= 15 is 0 Å². The Kier molecular flexibility index (Phi) is 6.31. The highest BCUT2D eigenvalue weighted by Crippen LogP contribution is 2.28. The molecule has 1 aromatic rings. The van der Waals surface area contributed by atoms with Gasteiger partial charge in [0.15, 0.2) is 4.67 Å². The zero-order valence-electron chi connectivity index (χ0n) is 10.0. The summed E-state index contributed by atoms with van der Waals surface area (Å²) in [6.07, 6.45) is 0.871. The first kappa shape index (κ1) is 16.5. The van der Waals surface area contributed by atoms with Gasteiger partial charge in [0.25, 0.3) is 9.05 Å². The van der Waals surface area contributed by atoms with Gasteiger partial charge in [0, 0.05) is 23.4 Å². The molecule has 0 unspecified atom stereocenters. The van der Waals surface area contributed by atoms with E-state index in [1.165, 1.54) is 0 Å². The molecule has 0 N–H and O–H groups in total. The lowest BCUT2D eigenvalue weighted by Gasteiger charge is -2.03. The number of halogens is 2. The molecule has 6 nitrogen and oxygen atoms in total. The van der Waals surface area contributed by atoms with E-state index in [1.807, 2.05) is 6.92 Å². The van der Waals surface area contributed by atoms with Crippen molar-refractivity contribution in [3.05, 3.63) is 16.5 Å². The smallest absolute Gasteiger partial charge is 0.374 e. The largest absolute Gasteiger partial charge is 0.457 e. The fourth-order valence-corrected chi connectivity index (χ4v) is 3.16. The Morgan fingerprint density at radius 2 is 2.11 bits per heavy atom. The van der Waals surface area contributed by atoms with Gasteiger partial charge in [0.2, 0.25) is 5.76 Å². The summed E-state index contributed by atoms with van der Waals surface area (Å²) in [6.45, 7) is 2.86. The number of esters is 1. The lowest BCUT2D eigenvalue weighted by molar-refractivity contribution is 0.0287. The van der Waals surface area contributed by atoms with Crippen molar-refractivity contribution >= 4 is 41.6 Å². The first-order valence-corrected chi connectivity index (χ1v) is 8.45. The zero-order valence-corrected chi connectivity index (χ0v) is 13.2. The second kappa shape index (κ2) is 7.28. The Bertz CT molecular complexity index is 538. The van der Waals surface area contributed by atoms with Crippen molar-refractivity contribution in [1.29, 1.82) is 0 Å². The SMILES string of the molecule is CCCOCCOC(=O)c1cc(S(=O)(=O)Cl)c(Br)o1. The number of ether oxygens (including phenoxy) is 2. The molecule has 19 heavy (non-hydrogen) atoms. The van der Waals surface area contributed by atoms with Crippen molar-refractivity contribution in [1.82, 2.24) is 0 Å². The molecule has 0 saturated heterocycles. The summed E-state index contributed by atoms with van der Waals surface area (Å²) < 4.78 is 37.0. The minimum Gasteiger partial charge on any atom is -0.457 e. The van der Waals surface area contributed by atoms with Gasteiger partial charge in [0.05, 0.1) is 6.61 Å². The van der Waals surface area contributed by atoms with Gasteiger partial charge >= 0.3 is 5.97 Å². The third-order valence-electron chi connectivity index (χ3n) is 1.93. The Morgan fingerprint density at radius 1 is 1.42 bits per heavy atom. The normalized spacial score (nSPS) is 11.5. The molecular formula is C10H12BrClO6S. The van der Waals surface area contributed by atoms with Gasteiger partial charge in [-0.05, 0) is 22.4 Å². The molecule has 108 valence electrons. The Labute approximate surface area is 123 Å². The van der Waals surface area contributed by atoms with E-state index in [1.54, 1.807) is 0 Å². The third-order valence-corrected chi connectivity index (χ3v) is 4.11. The molecule has 0 aliphatic carbocycles. The van der Waals surface area contributed by atoms with Crippen LogP contribution < -0.4 is 0 Å². The van der Waals surface area contributed by atoms with Crippen LogP contribution in [0.1, 0.15) is 23.9 Å². The van der Waals surface area contributed by atoms with Crippen LogP contribution in [-0.4, -0.2) is 34.2 Å². The van der Waals surface area contributed by atoms with Crippen LogP contribution in [0.4, 0.5) is 0 Å². The molecule has 0 saturated carbocycles. The fraction of sp³-hybridized carbons (Fsp3) is 0.500. The number of carbonyl (C=O) groups is 1. The van der Waals surface area contributed by atoms with Crippen molar-refractivity contribution in [2.45, 2.75) is 18.2 Å². The highest BCUT2D eigenvalue weighted by atomic mass is 79.9. The van der Waals surface area contributed by atoms with Crippen LogP contribution >= 0.6 is 26.6 Å². The number of furan rings is 1. The Hall–Kier alpha value is -0.570. The quantitative estimate of drug-likeness (QED) is 0.414. The van der Waals surface area contributed by atoms with Gasteiger partial charge in [-0.1, -0.05) is 6.92 Å². The number of rotatable bonds is 7. The van der Waals surface area contributed by atoms with Gasteiger partial charge in [-0.25, -0.2) is 13.2 Å². The molecule has 0 atom stereocenters. The van der Waals surface area contributed by atoms with E-state index in [-0.39, 0.29) is 28.5 Å². The van der Waals surface area contributed by atoms with Crippen LogP contribution in [0.2, 0.25) is 0 Å². The molecular weight excluding hydrogens is 364 g/mol. The third kappa shape index (κ3) is 5.13. The lowest BCUT2D eigenvalue weighted by atomic mass is 10.4. The summed E-state index contributed by atoms with van der Waals surface area (Å²) in [6, 6.07) is 1.00. The van der Waals surface area contributed by atoms with Crippen molar-refractivity contribution in [2.75, 3.05) is 19.8 Å². The van der Waals surface area contributed by atoms with E-state index in [0.717, 1.165) is 12.5 Å². The summed E-state index contributed by atoms with van der Waals surface area (Å²) in [5.41, 5.74) is 0. The van der Waals surface area contributed by atoms with Crippen LogP contribution in [0.15, 0.2) is 20.0 Å². The van der Waals surface area contributed by atoms with Crippen LogP contribution in [-0.2, 0) is 18.5 Å². The molecule has 1 rings (SSSR count). The van der Waals surface area contributed by atoms with Gasteiger partial charge in [-0.3, -0.25) is 0 Å². The maximum absolute atomic E-state index is 11.5. The topological polar surface area (TPSA) is 82.8 Å². The average molecular weight is 376 g/mol. The van der Waals surface area contributed by atoms with Gasteiger partial charge in [0.1, 0.15) is 11.5 Å². The number of carbonyl (C=O) groups excluding carboxylic acids is 1. The summed E-state index contributed by atoms with van der Waals surface area (Å²) in [5.74, 6) is -1.03. The van der Waals surface area contributed by atoms with E-state index in [0.29, 0.717) is 6.61 Å². The molecule has 0 aliphatic heterocycles. The highest BCUT2D eigenvalue weighted by molar-refractivity contribution is 9.10. The second-order valence-electron chi connectivity index (χ2n) is 3.43. The maximum atomic E-state index is 11.5. The zero-order chi connectivity index (χ0) is 14.5. The van der Waals surface area contributed by atoms with Crippen LogP contribution in [0, 0.1) is 0 Å². The highest BCUT2D eigenvalue weighted by Gasteiger charge is 2.23. The van der Waals surface area contributed by atoms with Crippen molar-refractivity contribution in [3.8, 4) is 0 Å². The van der Waals surface area contributed by atoms with Crippen LogP contribution in [0.3, 0.4) is 0 Å². The van der Waals surface area contributed by atoms with E-state index in [9.17, 15) is 13.2 Å². The second-order valence-corrected chi connectivity index (χ2v) is 6.69. The molecule has 0 fully saturated rings. The fourth-order valence-electron chi connectivity index (χ4n) is 1.13. The molecule has 0 bridgehead atoms. The first-order chi connectivity index (χ1) is 8.86. The van der Waals surface area contributed by atoms with Gasteiger partial charge in [-0.15, -0.1) is 0 Å². The van der Waals surface area contributed by atoms with Gasteiger partial charge in [-0.2, -0.15) is 0 Å². The summed E-state index contributed by atoms with van der Waals surface area (Å²) in [5, 5.41) is 0. The number of hydrogen-bond acceptors (Lipinski definition) is 6. The molecule has 0 amide bonds. The molecule has 1 heterocycles. The average Bonchev–Trinajstić information content (AvgIpc) is 2.70.